The first kappa shape index (κ1) is 15.0. The zero-order valence-electron chi connectivity index (χ0n) is 8.87. The molecule has 0 aliphatic carbocycles. The molecular weight excluding hydrogens is 225 g/mol. The van der Waals surface area contributed by atoms with Gasteiger partial charge in [-0.05, 0) is 14.1 Å². The van der Waals surface area contributed by atoms with Gasteiger partial charge in [0.2, 0.25) is 0 Å². The molecule has 3 heteroatoms. The number of benzene rings is 1. The summed E-state index contributed by atoms with van der Waals surface area (Å²) in [5, 5.41) is 0. The quantitative estimate of drug-likeness (QED) is 0.455. The standard InChI is InChI=1S/C9H12N.Li.Mo.H/c1-10(2)8-9-6-4-3-5-7-9;;;/h3-6H,8H2,1-2H3;;;/q-1;+1;;-1. The fraction of sp³-hybridized carbons (Fsp3) is 0.333. The monoisotopic (exact) mass is 240 g/mol. The molecule has 0 radical (unpaired) electrons. The van der Waals surface area contributed by atoms with E-state index >= 15 is 0 Å². The normalized spacial score (nSPS) is 8.58. The van der Waals surface area contributed by atoms with Gasteiger partial charge in [0.25, 0.3) is 0 Å². The third-order valence-corrected chi connectivity index (χ3v) is 1.26. The van der Waals surface area contributed by atoms with Crippen molar-refractivity contribution in [3.8, 4) is 0 Å². The number of hydrogen-bond donors (Lipinski definition) is 0. The molecule has 62 valence electrons. The average molecular weight is 238 g/mol. The van der Waals surface area contributed by atoms with Crippen LogP contribution in [0, 0.1) is 6.07 Å². The van der Waals surface area contributed by atoms with Crippen LogP contribution in [-0.2, 0) is 27.6 Å². The Hall–Kier alpha value is 0.466. The second kappa shape index (κ2) is 8.08. The zero-order valence-corrected chi connectivity index (χ0v) is 9.88. The molecular formula is C9H13LiMoN-. The first-order valence-electron chi connectivity index (χ1n) is 3.39. The molecule has 0 unspecified atom stereocenters. The molecule has 0 atom stereocenters. The summed E-state index contributed by atoms with van der Waals surface area (Å²) in [7, 11) is 4.11. The molecule has 0 bridgehead atoms. The molecule has 0 spiro atoms. The molecule has 0 aliphatic heterocycles. The summed E-state index contributed by atoms with van der Waals surface area (Å²) < 4.78 is 0. The molecule has 1 aromatic carbocycles. The second-order valence-electron chi connectivity index (χ2n) is 2.63. The van der Waals surface area contributed by atoms with E-state index in [1.807, 2.05) is 18.2 Å². The first-order chi connectivity index (χ1) is 4.79. The zero-order chi connectivity index (χ0) is 7.40. The van der Waals surface area contributed by atoms with Gasteiger partial charge in [-0.3, -0.25) is 0 Å². The van der Waals surface area contributed by atoms with E-state index in [4.69, 9.17) is 0 Å². The third-order valence-electron chi connectivity index (χ3n) is 1.26. The maximum absolute atomic E-state index is 3.16. The van der Waals surface area contributed by atoms with Crippen molar-refractivity contribution in [1.82, 2.24) is 4.90 Å². The molecule has 0 fully saturated rings. The number of nitrogens with zero attached hydrogens (tertiary/aromatic N) is 1. The predicted molar refractivity (Wildman–Crippen MR) is 43.8 cm³/mol. The summed E-state index contributed by atoms with van der Waals surface area (Å²) in [5.74, 6) is 0. The van der Waals surface area contributed by atoms with E-state index in [-0.39, 0.29) is 41.4 Å². The van der Waals surface area contributed by atoms with Crippen LogP contribution in [0.1, 0.15) is 6.99 Å². The third kappa shape index (κ3) is 6.03. The molecule has 0 N–H and O–H groups in total. The summed E-state index contributed by atoms with van der Waals surface area (Å²) in [6, 6.07) is 11.2. The molecule has 0 saturated heterocycles. The van der Waals surface area contributed by atoms with E-state index in [1.165, 1.54) is 5.56 Å². The van der Waals surface area contributed by atoms with Crippen molar-refractivity contribution in [1.29, 1.82) is 0 Å². The molecule has 0 aromatic heterocycles. The summed E-state index contributed by atoms with van der Waals surface area (Å²) >= 11 is 0. The summed E-state index contributed by atoms with van der Waals surface area (Å²) in [6.07, 6.45) is 0. The Labute approximate surface area is 102 Å². The van der Waals surface area contributed by atoms with Crippen molar-refractivity contribution in [3.63, 3.8) is 0 Å². The van der Waals surface area contributed by atoms with Gasteiger partial charge in [0, 0.05) is 27.6 Å². The van der Waals surface area contributed by atoms with Crippen molar-refractivity contribution >= 4 is 0 Å². The van der Waals surface area contributed by atoms with Crippen LogP contribution in [0.2, 0.25) is 0 Å². The van der Waals surface area contributed by atoms with Crippen LogP contribution >= 0.6 is 0 Å². The molecule has 1 aromatic rings. The summed E-state index contributed by atoms with van der Waals surface area (Å²) in [4.78, 5) is 2.13. The first-order valence-corrected chi connectivity index (χ1v) is 3.39. The number of rotatable bonds is 2. The van der Waals surface area contributed by atoms with Crippen molar-refractivity contribution in [2.45, 2.75) is 6.54 Å². The van der Waals surface area contributed by atoms with E-state index in [0.717, 1.165) is 6.54 Å². The van der Waals surface area contributed by atoms with E-state index in [1.54, 1.807) is 0 Å². The minimum Gasteiger partial charge on any atom is -1.00 e. The Bertz CT molecular complexity index is 194. The Morgan fingerprint density at radius 2 is 2.08 bits per heavy atom. The van der Waals surface area contributed by atoms with Gasteiger partial charge in [-0.1, -0.05) is 0 Å². The minimum atomic E-state index is 0. The maximum atomic E-state index is 3.16. The molecule has 1 rings (SSSR count). The van der Waals surface area contributed by atoms with E-state index in [0.29, 0.717) is 0 Å². The summed E-state index contributed by atoms with van der Waals surface area (Å²) in [5.41, 5.74) is 1.24. The van der Waals surface area contributed by atoms with Gasteiger partial charge in [0.1, 0.15) is 0 Å². The van der Waals surface area contributed by atoms with Crippen LogP contribution in [0.5, 0.6) is 0 Å². The largest absolute Gasteiger partial charge is 1.00 e. The van der Waals surface area contributed by atoms with Crippen LogP contribution in [0.3, 0.4) is 0 Å². The van der Waals surface area contributed by atoms with Crippen LogP contribution < -0.4 is 18.9 Å². The van der Waals surface area contributed by atoms with Gasteiger partial charge in [-0.25, -0.2) is 0 Å². The minimum absolute atomic E-state index is 0. The van der Waals surface area contributed by atoms with Crippen molar-refractivity contribution in [2.75, 3.05) is 14.1 Å². The van der Waals surface area contributed by atoms with Gasteiger partial charge < -0.3 is 6.33 Å². The Balaban J connectivity index is -0.000000333. The van der Waals surface area contributed by atoms with Gasteiger partial charge in [0.05, 0.1) is 0 Å². The smallest absolute Gasteiger partial charge is 1.00 e. The van der Waals surface area contributed by atoms with Gasteiger partial charge in [0.15, 0.2) is 0 Å². The van der Waals surface area contributed by atoms with Crippen LogP contribution in [0.4, 0.5) is 0 Å². The average Bonchev–Trinajstić information content (AvgIpc) is 1.88. The Morgan fingerprint density at radius 3 is 2.50 bits per heavy atom. The molecule has 0 saturated carbocycles. The Morgan fingerprint density at radius 1 is 1.42 bits per heavy atom. The summed E-state index contributed by atoms with van der Waals surface area (Å²) in [6.45, 7) is 0.973. The van der Waals surface area contributed by atoms with E-state index < -0.39 is 0 Å². The molecule has 1 nitrogen and oxygen atoms in total. The fourth-order valence-electron chi connectivity index (χ4n) is 0.870. The Kier molecular flexibility index (Phi) is 10.1. The van der Waals surface area contributed by atoms with Crippen LogP contribution in [-0.4, -0.2) is 19.0 Å². The molecule has 0 aliphatic rings. The number of hydrogen-bond acceptors (Lipinski definition) is 1. The van der Waals surface area contributed by atoms with Gasteiger partial charge in [-0.15, -0.1) is 5.56 Å². The van der Waals surface area contributed by atoms with Gasteiger partial charge >= 0.3 is 18.9 Å². The SMILES string of the molecule is CN(C)Cc1[c-]cccc1.[H-].[Li+].[Mo]. The molecule has 12 heavy (non-hydrogen) atoms. The molecule has 0 amide bonds. The van der Waals surface area contributed by atoms with E-state index in [9.17, 15) is 0 Å². The van der Waals surface area contributed by atoms with Crippen molar-refractivity contribution < 1.29 is 41.4 Å². The van der Waals surface area contributed by atoms with Crippen LogP contribution in [0.15, 0.2) is 24.3 Å². The topological polar surface area (TPSA) is 3.24 Å². The maximum Gasteiger partial charge on any atom is 1.00 e. The van der Waals surface area contributed by atoms with Crippen molar-refractivity contribution in [3.05, 3.63) is 35.9 Å². The predicted octanol–water partition coefficient (Wildman–Crippen LogP) is -1.34. The van der Waals surface area contributed by atoms with E-state index in [2.05, 4.69) is 31.1 Å². The van der Waals surface area contributed by atoms with Gasteiger partial charge in [-0.2, -0.15) is 30.3 Å². The second-order valence-corrected chi connectivity index (χ2v) is 2.63. The molecule has 0 heterocycles. The van der Waals surface area contributed by atoms with Crippen LogP contribution in [0.25, 0.3) is 0 Å². The fourth-order valence-corrected chi connectivity index (χ4v) is 0.870. The van der Waals surface area contributed by atoms with Crippen molar-refractivity contribution in [2.24, 2.45) is 0 Å².